The van der Waals surface area contributed by atoms with E-state index in [2.05, 4.69) is 15.5 Å². The van der Waals surface area contributed by atoms with Gasteiger partial charge in [0.05, 0.1) is 12.2 Å². The summed E-state index contributed by atoms with van der Waals surface area (Å²) >= 11 is 0. The van der Waals surface area contributed by atoms with Crippen molar-refractivity contribution < 1.29 is 14.7 Å². The Hall–Kier alpha value is -1.89. The molecule has 0 saturated carbocycles. The highest BCUT2D eigenvalue weighted by Gasteiger charge is 2.14. The van der Waals surface area contributed by atoms with Crippen molar-refractivity contribution >= 4 is 11.9 Å². The molecule has 1 heterocycles. The first-order chi connectivity index (χ1) is 9.00. The van der Waals surface area contributed by atoms with Gasteiger partial charge in [-0.05, 0) is 31.7 Å². The van der Waals surface area contributed by atoms with E-state index in [0.717, 1.165) is 24.1 Å². The predicted octanol–water partition coefficient (Wildman–Crippen LogP) is -0.0410. The molecule has 7 nitrogen and oxygen atoms in total. The molecule has 0 aliphatic carbocycles. The minimum Gasteiger partial charge on any atom is -0.481 e. The maximum Gasteiger partial charge on any atom is 0.303 e. The van der Waals surface area contributed by atoms with Gasteiger partial charge in [0, 0.05) is 18.7 Å². The number of rotatable bonds is 8. The van der Waals surface area contributed by atoms with Crippen LogP contribution in [0.25, 0.3) is 0 Å². The van der Waals surface area contributed by atoms with Crippen LogP contribution in [0.2, 0.25) is 0 Å². The monoisotopic (exact) mass is 268 g/mol. The lowest BCUT2D eigenvalue weighted by molar-refractivity contribution is -0.137. The van der Waals surface area contributed by atoms with Gasteiger partial charge in [-0.15, -0.1) is 0 Å². The summed E-state index contributed by atoms with van der Waals surface area (Å²) in [5.41, 5.74) is 7.74. The van der Waals surface area contributed by atoms with Crippen molar-refractivity contribution in [1.29, 1.82) is 0 Å². The number of carbonyl (C=O) groups is 2. The number of aromatic amines is 1. The third kappa shape index (κ3) is 5.52. The molecule has 19 heavy (non-hydrogen) atoms. The molecule has 7 heteroatoms. The topological polar surface area (TPSA) is 121 Å². The van der Waals surface area contributed by atoms with Crippen LogP contribution < -0.4 is 11.1 Å². The lowest BCUT2D eigenvalue weighted by atomic mass is 10.1. The third-order valence-electron chi connectivity index (χ3n) is 2.86. The van der Waals surface area contributed by atoms with Gasteiger partial charge in [-0.1, -0.05) is 0 Å². The molecule has 1 amide bonds. The summed E-state index contributed by atoms with van der Waals surface area (Å²) in [4.78, 5) is 21.9. The third-order valence-corrected chi connectivity index (χ3v) is 2.86. The van der Waals surface area contributed by atoms with Crippen LogP contribution in [-0.2, 0) is 16.0 Å². The Morgan fingerprint density at radius 1 is 1.58 bits per heavy atom. The van der Waals surface area contributed by atoms with Crippen molar-refractivity contribution in [2.45, 2.75) is 38.6 Å². The number of nitrogens with zero attached hydrogens (tertiary/aromatic N) is 1. The number of carboxylic acid groups (broad SMARTS) is 1. The van der Waals surface area contributed by atoms with Crippen LogP contribution in [-0.4, -0.2) is 39.8 Å². The fraction of sp³-hybridized carbons (Fsp3) is 0.583. The molecule has 1 aromatic rings. The number of aromatic nitrogens is 2. The number of aryl methyl sites for hydroxylation is 2. The zero-order valence-corrected chi connectivity index (χ0v) is 11.0. The SMILES string of the molecule is Cc1[nH]ncc1CCCNC(=O)C(N)CCC(=O)O. The summed E-state index contributed by atoms with van der Waals surface area (Å²) in [5.74, 6) is -1.25. The maximum atomic E-state index is 11.5. The Morgan fingerprint density at radius 2 is 2.32 bits per heavy atom. The van der Waals surface area contributed by atoms with Crippen LogP contribution in [0.15, 0.2) is 6.20 Å². The van der Waals surface area contributed by atoms with Gasteiger partial charge in [-0.2, -0.15) is 5.10 Å². The molecule has 1 aromatic heterocycles. The van der Waals surface area contributed by atoms with E-state index in [1.807, 2.05) is 6.92 Å². The number of aliphatic carboxylic acids is 1. The van der Waals surface area contributed by atoms with Crippen molar-refractivity contribution in [3.8, 4) is 0 Å². The molecule has 1 unspecified atom stereocenters. The first kappa shape index (κ1) is 15.2. The Labute approximate surface area is 111 Å². The molecule has 0 radical (unpaired) electrons. The molecule has 0 bridgehead atoms. The normalized spacial score (nSPS) is 12.1. The number of hydrogen-bond acceptors (Lipinski definition) is 4. The lowest BCUT2D eigenvalue weighted by Gasteiger charge is -2.10. The lowest BCUT2D eigenvalue weighted by Crippen LogP contribution is -2.41. The smallest absolute Gasteiger partial charge is 0.303 e. The fourth-order valence-corrected chi connectivity index (χ4v) is 1.66. The van der Waals surface area contributed by atoms with Crippen LogP contribution in [0.5, 0.6) is 0 Å². The Balaban J connectivity index is 2.16. The van der Waals surface area contributed by atoms with Crippen molar-refractivity contribution in [1.82, 2.24) is 15.5 Å². The van der Waals surface area contributed by atoms with Gasteiger partial charge >= 0.3 is 5.97 Å². The van der Waals surface area contributed by atoms with Gasteiger partial charge < -0.3 is 16.2 Å². The van der Waals surface area contributed by atoms with E-state index in [0.29, 0.717) is 6.54 Å². The molecule has 1 atom stereocenters. The van der Waals surface area contributed by atoms with Crippen molar-refractivity contribution in [3.05, 3.63) is 17.5 Å². The van der Waals surface area contributed by atoms with Gasteiger partial charge in [0.2, 0.25) is 5.91 Å². The number of nitrogens with two attached hydrogens (primary N) is 1. The van der Waals surface area contributed by atoms with Crippen LogP contribution in [0.4, 0.5) is 0 Å². The number of hydrogen-bond donors (Lipinski definition) is 4. The van der Waals surface area contributed by atoms with Crippen LogP contribution >= 0.6 is 0 Å². The minimum atomic E-state index is -0.946. The van der Waals surface area contributed by atoms with Gasteiger partial charge in [-0.25, -0.2) is 0 Å². The zero-order valence-electron chi connectivity index (χ0n) is 11.0. The molecule has 0 aromatic carbocycles. The fourth-order valence-electron chi connectivity index (χ4n) is 1.66. The standard InChI is InChI=1S/C12H20N4O3/c1-8-9(7-15-16-8)3-2-6-14-12(19)10(13)4-5-11(17)18/h7,10H,2-6,13H2,1H3,(H,14,19)(H,15,16)(H,17,18). The van der Waals surface area contributed by atoms with Gasteiger partial charge in [-0.3, -0.25) is 14.7 Å². The van der Waals surface area contributed by atoms with E-state index in [1.165, 1.54) is 0 Å². The van der Waals surface area contributed by atoms with Crippen LogP contribution in [0.1, 0.15) is 30.5 Å². The minimum absolute atomic E-state index is 0.0944. The Bertz CT molecular complexity index is 430. The molecule has 5 N–H and O–H groups in total. The van der Waals surface area contributed by atoms with Crippen molar-refractivity contribution in [2.75, 3.05) is 6.54 Å². The van der Waals surface area contributed by atoms with E-state index < -0.39 is 12.0 Å². The predicted molar refractivity (Wildman–Crippen MR) is 69.5 cm³/mol. The number of nitrogens with one attached hydrogen (secondary N) is 2. The van der Waals surface area contributed by atoms with Gasteiger partial charge in [0.25, 0.3) is 0 Å². The van der Waals surface area contributed by atoms with E-state index >= 15 is 0 Å². The van der Waals surface area contributed by atoms with Crippen LogP contribution in [0, 0.1) is 6.92 Å². The molecule has 0 saturated heterocycles. The number of H-pyrrole nitrogens is 1. The maximum absolute atomic E-state index is 11.5. The molecular formula is C12H20N4O3. The Morgan fingerprint density at radius 3 is 2.89 bits per heavy atom. The second-order valence-corrected chi connectivity index (χ2v) is 4.45. The largest absolute Gasteiger partial charge is 0.481 e. The summed E-state index contributed by atoms with van der Waals surface area (Å²) in [7, 11) is 0. The van der Waals surface area contributed by atoms with E-state index in [-0.39, 0.29) is 18.7 Å². The summed E-state index contributed by atoms with van der Waals surface area (Å²) in [6.45, 7) is 2.47. The molecule has 106 valence electrons. The van der Waals surface area contributed by atoms with Gasteiger partial charge in [0.1, 0.15) is 0 Å². The van der Waals surface area contributed by atoms with Crippen LogP contribution in [0.3, 0.4) is 0 Å². The molecular weight excluding hydrogens is 248 g/mol. The quantitative estimate of drug-likeness (QED) is 0.493. The number of amides is 1. The van der Waals surface area contributed by atoms with E-state index in [4.69, 9.17) is 10.8 Å². The summed E-state index contributed by atoms with van der Waals surface area (Å²) in [5, 5.41) is 18.0. The number of carboxylic acids is 1. The first-order valence-electron chi connectivity index (χ1n) is 6.24. The molecule has 1 rings (SSSR count). The summed E-state index contributed by atoms with van der Waals surface area (Å²) in [6, 6.07) is -0.758. The highest BCUT2D eigenvalue weighted by Crippen LogP contribution is 2.05. The van der Waals surface area contributed by atoms with Crippen molar-refractivity contribution in [3.63, 3.8) is 0 Å². The summed E-state index contributed by atoms with van der Waals surface area (Å²) < 4.78 is 0. The van der Waals surface area contributed by atoms with E-state index in [9.17, 15) is 9.59 Å². The second-order valence-electron chi connectivity index (χ2n) is 4.45. The number of carbonyl (C=O) groups excluding carboxylic acids is 1. The first-order valence-corrected chi connectivity index (χ1v) is 6.24. The van der Waals surface area contributed by atoms with Crippen molar-refractivity contribution in [2.24, 2.45) is 5.73 Å². The second kappa shape index (κ2) is 7.52. The van der Waals surface area contributed by atoms with Gasteiger partial charge in [0.15, 0.2) is 0 Å². The molecule has 0 spiro atoms. The highest BCUT2D eigenvalue weighted by molar-refractivity contribution is 5.82. The Kier molecular flexibility index (Phi) is 6.01. The van der Waals surface area contributed by atoms with E-state index in [1.54, 1.807) is 6.20 Å². The average Bonchev–Trinajstić information content (AvgIpc) is 2.77. The molecule has 0 aliphatic rings. The summed E-state index contributed by atoms with van der Waals surface area (Å²) in [6.07, 6.45) is 3.45. The molecule has 0 aliphatic heterocycles. The average molecular weight is 268 g/mol. The highest BCUT2D eigenvalue weighted by atomic mass is 16.4. The molecule has 0 fully saturated rings. The zero-order chi connectivity index (χ0) is 14.3.